The van der Waals surface area contributed by atoms with Gasteiger partial charge in [0.25, 0.3) is 0 Å². The highest BCUT2D eigenvalue weighted by molar-refractivity contribution is 5.88. The second-order valence-electron chi connectivity index (χ2n) is 7.56. The van der Waals surface area contributed by atoms with E-state index in [0.717, 1.165) is 42.4 Å². The van der Waals surface area contributed by atoms with E-state index in [0.29, 0.717) is 18.6 Å². The molecule has 0 fully saturated rings. The minimum Gasteiger partial charge on any atom is -0.478 e. The summed E-state index contributed by atoms with van der Waals surface area (Å²) >= 11 is 0. The molecule has 0 aromatic heterocycles. The first-order chi connectivity index (χ1) is 15.5. The second kappa shape index (κ2) is 15.8. The number of hydrogen-bond donors (Lipinski definition) is 2. The Morgan fingerprint density at radius 2 is 1.97 bits per heavy atom. The molecular weight excluding hydrogens is 402 g/mol. The molecule has 3 rings (SSSR count). The molecule has 2 aromatic rings. The van der Waals surface area contributed by atoms with Crippen LogP contribution in [0.15, 0.2) is 59.4 Å². The van der Waals surface area contributed by atoms with Gasteiger partial charge in [0.15, 0.2) is 0 Å². The van der Waals surface area contributed by atoms with Crippen molar-refractivity contribution in [3.05, 3.63) is 60.0 Å². The third-order valence-electron chi connectivity index (χ3n) is 5.04. The van der Waals surface area contributed by atoms with Gasteiger partial charge in [0.05, 0.1) is 12.9 Å². The first-order valence-corrected chi connectivity index (χ1v) is 11.1. The van der Waals surface area contributed by atoms with Crippen molar-refractivity contribution in [1.82, 2.24) is 4.90 Å². The van der Waals surface area contributed by atoms with E-state index >= 15 is 0 Å². The van der Waals surface area contributed by atoms with Crippen molar-refractivity contribution in [2.75, 3.05) is 20.3 Å². The summed E-state index contributed by atoms with van der Waals surface area (Å²) in [4.78, 5) is 16.3. The number of rotatable bonds is 8. The maximum Gasteiger partial charge on any atom is 0.208 e. The molecule has 2 unspecified atom stereocenters. The molecule has 1 aliphatic rings. The lowest BCUT2D eigenvalue weighted by Crippen LogP contribution is -2.30. The van der Waals surface area contributed by atoms with Crippen LogP contribution in [0.4, 0.5) is 0 Å². The minimum atomic E-state index is 0.205. The van der Waals surface area contributed by atoms with Crippen LogP contribution in [0.25, 0.3) is 10.8 Å². The third-order valence-corrected chi connectivity index (χ3v) is 5.04. The number of benzene rings is 2. The molecule has 32 heavy (non-hydrogen) atoms. The van der Waals surface area contributed by atoms with Gasteiger partial charge in [0.1, 0.15) is 6.29 Å². The highest BCUT2D eigenvalue weighted by Crippen LogP contribution is 2.14. The molecule has 0 saturated heterocycles. The maximum atomic E-state index is 10.5. The maximum absolute atomic E-state index is 10.5. The van der Waals surface area contributed by atoms with Crippen LogP contribution in [0.5, 0.6) is 0 Å². The first-order valence-electron chi connectivity index (χ1n) is 11.1. The van der Waals surface area contributed by atoms with E-state index in [4.69, 9.17) is 15.3 Å². The van der Waals surface area contributed by atoms with Gasteiger partial charge in [-0.25, -0.2) is 4.99 Å². The summed E-state index contributed by atoms with van der Waals surface area (Å²) in [5.41, 5.74) is 0.730. The number of aliphatic imine (C=N–C) groups is 1. The number of fused-ring (bicyclic) bond motifs is 1. The van der Waals surface area contributed by atoms with Crippen molar-refractivity contribution in [2.45, 2.75) is 46.1 Å². The fourth-order valence-electron chi connectivity index (χ4n) is 3.13. The van der Waals surface area contributed by atoms with Crippen molar-refractivity contribution in [3.8, 4) is 0 Å². The molecule has 0 bridgehead atoms. The van der Waals surface area contributed by atoms with Crippen molar-refractivity contribution >= 4 is 29.6 Å². The average molecular weight is 440 g/mol. The molecule has 0 amide bonds. The molecule has 2 atom stereocenters. The Morgan fingerprint density at radius 3 is 2.53 bits per heavy atom. The Morgan fingerprint density at radius 1 is 1.25 bits per heavy atom. The molecule has 2 aromatic carbocycles. The van der Waals surface area contributed by atoms with Gasteiger partial charge < -0.3 is 14.7 Å². The molecule has 1 aliphatic heterocycles. The number of nitrogens with one attached hydrogen (secondary N) is 1. The number of hydrogen-bond acceptors (Lipinski definition) is 5. The first kappa shape index (κ1) is 27.0. The standard InChI is InChI=1S/C11H8O.C8H13NO.C7H16N2O/c12-8-9-5-6-10-3-1-2-4-11(10)7-9;1-3-10-8-6-7(2)4-5-9-8;1-3-7(4-5-10)9(2)6-8/h1-8H;5-7H,3-4H2,1-2H3;6-8,10H,3-5H2,1-2H3. The Balaban J connectivity index is 0.000000242. The number of ether oxygens (including phenoxy) is 1. The second-order valence-corrected chi connectivity index (χ2v) is 7.56. The Kier molecular flexibility index (Phi) is 13.3. The van der Waals surface area contributed by atoms with Crippen molar-refractivity contribution in [1.29, 1.82) is 5.41 Å². The van der Waals surface area contributed by atoms with Crippen molar-refractivity contribution < 1.29 is 14.6 Å². The number of aliphatic hydroxyl groups excluding tert-OH is 1. The lowest BCUT2D eigenvalue weighted by atomic mass is 10.1. The lowest BCUT2D eigenvalue weighted by molar-refractivity contribution is 0.112. The number of carbonyl (C=O) groups excluding carboxylic acids is 1. The quantitative estimate of drug-likeness (QED) is 0.331. The fourth-order valence-corrected chi connectivity index (χ4v) is 3.13. The zero-order chi connectivity index (χ0) is 23.8. The largest absolute Gasteiger partial charge is 0.478 e. The molecule has 174 valence electrons. The van der Waals surface area contributed by atoms with Crippen molar-refractivity contribution in [2.24, 2.45) is 10.9 Å². The average Bonchev–Trinajstić information content (AvgIpc) is 2.83. The number of nitrogens with zero attached hydrogens (tertiary/aromatic N) is 2. The van der Waals surface area contributed by atoms with Crippen LogP contribution >= 0.6 is 0 Å². The van der Waals surface area contributed by atoms with Crippen LogP contribution in [-0.4, -0.2) is 55.1 Å². The molecule has 6 heteroatoms. The highest BCUT2D eigenvalue weighted by Gasteiger charge is 2.07. The number of allylic oxidation sites excluding steroid dienone is 1. The fraction of sp³-hybridized carbons (Fsp3) is 0.423. The predicted octanol–water partition coefficient (Wildman–Crippen LogP) is 5.31. The topological polar surface area (TPSA) is 86.0 Å². The normalized spacial score (nSPS) is 15.3. The Bertz CT molecular complexity index is 880. The van der Waals surface area contributed by atoms with E-state index < -0.39 is 0 Å². The summed E-state index contributed by atoms with van der Waals surface area (Å²) in [7, 11) is 1.86. The zero-order valence-electron chi connectivity index (χ0n) is 19.7. The predicted molar refractivity (Wildman–Crippen MR) is 134 cm³/mol. The summed E-state index contributed by atoms with van der Waals surface area (Å²) in [6.07, 6.45) is 8.90. The van der Waals surface area contributed by atoms with Gasteiger partial charge in [0.2, 0.25) is 5.88 Å². The van der Waals surface area contributed by atoms with Crippen LogP contribution in [-0.2, 0) is 4.74 Å². The van der Waals surface area contributed by atoms with Crippen molar-refractivity contribution in [3.63, 3.8) is 0 Å². The third kappa shape index (κ3) is 9.88. The van der Waals surface area contributed by atoms with Crippen LogP contribution in [0, 0.1) is 11.3 Å². The van der Waals surface area contributed by atoms with Crippen LogP contribution in [0.2, 0.25) is 0 Å². The zero-order valence-corrected chi connectivity index (χ0v) is 19.7. The van der Waals surface area contributed by atoms with E-state index in [1.807, 2.05) is 67.6 Å². The molecule has 1 heterocycles. The summed E-state index contributed by atoms with van der Waals surface area (Å²) in [5, 5.41) is 17.8. The van der Waals surface area contributed by atoms with Gasteiger partial charge in [-0.2, -0.15) is 0 Å². The monoisotopic (exact) mass is 439 g/mol. The van der Waals surface area contributed by atoms with Gasteiger partial charge >= 0.3 is 0 Å². The van der Waals surface area contributed by atoms with E-state index in [1.165, 1.54) is 11.7 Å². The number of carbonyl (C=O) groups is 1. The summed E-state index contributed by atoms with van der Waals surface area (Å²) in [5.74, 6) is 1.36. The molecule has 0 spiro atoms. The minimum absolute atomic E-state index is 0.205. The molecule has 0 aliphatic carbocycles. The molecule has 0 radical (unpaired) electrons. The Labute approximate surface area is 192 Å². The van der Waals surface area contributed by atoms with E-state index in [-0.39, 0.29) is 6.61 Å². The lowest BCUT2D eigenvalue weighted by Gasteiger charge is -2.23. The van der Waals surface area contributed by atoms with E-state index in [1.54, 1.807) is 0 Å². The van der Waals surface area contributed by atoms with Crippen LogP contribution in [0.1, 0.15) is 50.4 Å². The SMILES string of the molecule is CCC(CCO)N(C)C=N.CCOC1=CC(C)CC=N1.O=Cc1ccc2ccccc2c1. The van der Waals surface area contributed by atoms with Gasteiger partial charge in [-0.05, 0) is 55.0 Å². The van der Waals surface area contributed by atoms with Gasteiger partial charge in [0, 0.05) is 31.5 Å². The van der Waals surface area contributed by atoms with Gasteiger partial charge in [-0.1, -0.05) is 50.2 Å². The smallest absolute Gasteiger partial charge is 0.208 e. The van der Waals surface area contributed by atoms with Gasteiger partial charge in [-0.15, -0.1) is 0 Å². The molecule has 6 nitrogen and oxygen atoms in total. The molecule has 0 saturated carbocycles. The summed E-state index contributed by atoms with van der Waals surface area (Å²) < 4.78 is 5.22. The summed E-state index contributed by atoms with van der Waals surface area (Å²) in [6, 6.07) is 14.0. The number of aldehydes is 1. The van der Waals surface area contributed by atoms with Gasteiger partial charge in [-0.3, -0.25) is 10.2 Å². The van der Waals surface area contributed by atoms with E-state index in [2.05, 4.69) is 24.9 Å². The number of aliphatic hydroxyl groups is 1. The van der Waals surface area contributed by atoms with Crippen LogP contribution < -0.4 is 0 Å². The van der Waals surface area contributed by atoms with Crippen LogP contribution in [0.3, 0.4) is 0 Å². The molecular formula is C26H37N3O3. The summed E-state index contributed by atoms with van der Waals surface area (Å²) in [6.45, 7) is 7.09. The highest BCUT2D eigenvalue weighted by atomic mass is 16.5. The molecule has 2 N–H and O–H groups in total. The van der Waals surface area contributed by atoms with E-state index in [9.17, 15) is 4.79 Å². The Hall–Kier alpha value is -2.99.